The quantitative estimate of drug-likeness (QED) is 0.662. The molecule has 0 spiro atoms. The molecule has 80 valence electrons. The summed E-state index contributed by atoms with van der Waals surface area (Å²) in [6, 6.07) is 0.502. The number of nitrogens with one attached hydrogen (secondary N) is 2. The van der Waals surface area contributed by atoms with Gasteiger partial charge in [-0.05, 0) is 25.9 Å². The molecule has 1 atom stereocenters. The van der Waals surface area contributed by atoms with E-state index in [1.165, 1.54) is 5.41 Å². The highest BCUT2D eigenvalue weighted by Crippen LogP contribution is 2.11. The summed E-state index contributed by atoms with van der Waals surface area (Å²) < 4.78 is 22.3. The Balaban J connectivity index is 1.84. The predicted molar refractivity (Wildman–Crippen MR) is 55.7 cm³/mol. The second kappa shape index (κ2) is 4.00. The smallest absolute Gasteiger partial charge is 0.173 e. The summed E-state index contributed by atoms with van der Waals surface area (Å²) in [6.45, 7) is 2.06. The molecular formula is C9H16N2O2S. The zero-order valence-corrected chi connectivity index (χ0v) is 8.89. The maximum Gasteiger partial charge on any atom is 0.173 e. The minimum absolute atomic E-state index is 0.0306. The van der Waals surface area contributed by atoms with Crippen molar-refractivity contribution >= 4 is 9.84 Å². The lowest BCUT2D eigenvalue weighted by Crippen LogP contribution is -2.45. The summed E-state index contributed by atoms with van der Waals surface area (Å²) in [4.78, 5) is 0. The standard InChI is InChI=1S/C9H16N2O2S/c12-14(13)6-3-9(7-14)11-8-1-4-10-5-2-8/h3,6,8-11H,1-2,4-5,7H2. The van der Waals surface area contributed by atoms with Gasteiger partial charge < -0.3 is 10.6 Å². The van der Waals surface area contributed by atoms with E-state index in [0.29, 0.717) is 6.04 Å². The van der Waals surface area contributed by atoms with Gasteiger partial charge in [0.2, 0.25) is 0 Å². The molecule has 0 aromatic rings. The number of rotatable bonds is 2. The summed E-state index contributed by atoms with van der Waals surface area (Å²) in [5.41, 5.74) is 0. The summed E-state index contributed by atoms with van der Waals surface area (Å²) >= 11 is 0. The monoisotopic (exact) mass is 216 g/mol. The Kier molecular flexibility index (Phi) is 2.90. The van der Waals surface area contributed by atoms with E-state index >= 15 is 0 Å². The average molecular weight is 216 g/mol. The van der Waals surface area contributed by atoms with Crippen LogP contribution in [0, 0.1) is 0 Å². The van der Waals surface area contributed by atoms with Crippen LogP contribution in [0.25, 0.3) is 0 Å². The Hall–Kier alpha value is -0.390. The molecule has 0 saturated carbocycles. The summed E-state index contributed by atoms with van der Waals surface area (Å²) in [5.74, 6) is 0.233. The van der Waals surface area contributed by atoms with Gasteiger partial charge in [-0.3, -0.25) is 0 Å². The largest absolute Gasteiger partial charge is 0.317 e. The fraction of sp³-hybridized carbons (Fsp3) is 0.778. The Morgan fingerprint density at radius 1 is 1.29 bits per heavy atom. The van der Waals surface area contributed by atoms with Crippen LogP contribution in [0.2, 0.25) is 0 Å². The van der Waals surface area contributed by atoms with Crippen molar-refractivity contribution in [3.05, 3.63) is 11.5 Å². The third-order valence-electron chi connectivity index (χ3n) is 2.72. The van der Waals surface area contributed by atoms with Crippen LogP contribution in [0.5, 0.6) is 0 Å². The maximum absolute atomic E-state index is 11.1. The van der Waals surface area contributed by atoms with Crippen molar-refractivity contribution in [2.24, 2.45) is 0 Å². The zero-order valence-electron chi connectivity index (χ0n) is 8.07. The van der Waals surface area contributed by atoms with Gasteiger partial charge >= 0.3 is 0 Å². The van der Waals surface area contributed by atoms with E-state index < -0.39 is 9.84 Å². The maximum atomic E-state index is 11.1. The van der Waals surface area contributed by atoms with Gasteiger partial charge in [0.25, 0.3) is 0 Å². The molecule has 0 aliphatic carbocycles. The molecule has 0 aromatic heterocycles. The molecule has 2 aliphatic rings. The lowest BCUT2D eigenvalue weighted by atomic mass is 10.1. The van der Waals surface area contributed by atoms with Crippen molar-refractivity contribution < 1.29 is 8.42 Å². The first-order valence-corrected chi connectivity index (χ1v) is 6.75. The summed E-state index contributed by atoms with van der Waals surface area (Å²) in [5, 5.41) is 7.97. The van der Waals surface area contributed by atoms with Gasteiger partial charge in [-0.2, -0.15) is 0 Å². The SMILES string of the molecule is O=S1(=O)C=CC(NC2CCNCC2)C1. The van der Waals surface area contributed by atoms with Crippen LogP contribution in [0.3, 0.4) is 0 Å². The molecule has 2 rings (SSSR count). The summed E-state index contributed by atoms with van der Waals surface area (Å²) in [6.07, 6.45) is 3.94. The van der Waals surface area contributed by atoms with E-state index in [-0.39, 0.29) is 11.8 Å². The molecule has 2 N–H and O–H groups in total. The van der Waals surface area contributed by atoms with E-state index in [1.54, 1.807) is 6.08 Å². The number of piperidine rings is 1. The molecular weight excluding hydrogens is 200 g/mol. The molecule has 2 heterocycles. The molecule has 1 saturated heterocycles. The van der Waals surface area contributed by atoms with Crippen molar-refractivity contribution in [2.75, 3.05) is 18.8 Å². The Labute approximate surface area is 84.7 Å². The van der Waals surface area contributed by atoms with E-state index in [9.17, 15) is 8.42 Å². The lowest BCUT2D eigenvalue weighted by Gasteiger charge is -2.26. The highest BCUT2D eigenvalue weighted by atomic mass is 32.2. The van der Waals surface area contributed by atoms with Crippen molar-refractivity contribution in [3.8, 4) is 0 Å². The van der Waals surface area contributed by atoms with Gasteiger partial charge in [-0.25, -0.2) is 8.42 Å². The van der Waals surface area contributed by atoms with Crippen LogP contribution in [0.15, 0.2) is 11.5 Å². The van der Waals surface area contributed by atoms with E-state index in [2.05, 4.69) is 10.6 Å². The Morgan fingerprint density at radius 3 is 2.57 bits per heavy atom. The van der Waals surface area contributed by atoms with Gasteiger partial charge in [-0.1, -0.05) is 6.08 Å². The normalized spacial score (nSPS) is 32.1. The van der Waals surface area contributed by atoms with E-state index in [4.69, 9.17) is 0 Å². The second-order valence-electron chi connectivity index (χ2n) is 3.96. The topological polar surface area (TPSA) is 58.2 Å². The third-order valence-corrected chi connectivity index (χ3v) is 4.11. The first-order valence-electron chi connectivity index (χ1n) is 5.03. The fourth-order valence-electron chi connectivity index (χ4n) is 1.97. The predicted octanol–water partition coefficient (Wildman–Crippen LogP) is -0.361. The second-order valence-corrected chi connectivity index (χ2v) is 5.89. The number of hydrogen-bond acceptors (Lipinski definition) is 4. The van der Waals surface area contributed by atoms with Gasteiger partial charge in [0, 0.05) is 17.5 Å². The number of sulfone groups is 1. The molecule has 0 aromatic carbocycles. The van der Waals surface area contributed by atoms with E-state index in [1.807, 2.05) is 0 Å². The third kappa shape index (κ3) is 2.56. The Morgan fingerprint density at radius 2 is 2.00 bits per heavy atom. The van der Waals surface area contributed by atoms with Crippen molar-refractivity contribution in [3.63, 3.8) is 0 Å². The van der Waals surface area contributed by atoms with Gasteiger partial charge in [0.05, 0.1) is 5.75 Å². The van der Waals surface area contributed by atoms with E-state index in [0.717, 1.165) is 25.9 Å². The van der Waals surface area contributed by atoms with Gasteiger partial charge in [0.15, 0.2) is 9.84 Å². The minimum atomic E-state index is -2.90. The van der Waals surface area contributed by atoms with Crippen LogP contribution in [-0.2, 0) is 9.84 Å². The van der Waals surface area contributed by atoms with Crippen LogP contribution in [0.4, 0.5) is 0 Å². The van der Waals surface area contributed by atoms with Crippen molar-refractivity contribution in [2.45, 2.75) is 24.9 Å². The lowest BCUT2D eigenvalue weighted by molar-refractivity contribution is 0.376. The fourth-order valence-corrected chi connectivity index (χ4v) is 3.22. The van der Waals surface area contributed by atoms with Crippen LogP contribution in [0.1, 0.15) is 12.8 Å². The van der Waals surface area contributed by atoms with Crippen LogP contribution < -0.4 is 10.6 Å². The van der Waals surface area contributed by atoms with Crippen molar-refractivity contribution in [1.82, 2.24) is 10.6 Å². The van der Waals surface area contributed by atoms with Gasteiger partial charge in [0.1, 0.15) is 0 Å². The number of hydrogen-bond donors (Lipinski definition) is 2. The Bertz CT molecular complexity index is 318. The zero-order chi connectivity index (χ0) is 10.0. The molecule has 4 nitrogen and oxygen atoms in total. The molecule has 0 radical (unpaired) electrons. The van der Waals surface area contributed by atoms with Crippen LogP contribution in [-0.4, -0.2) is 39.3 Å². The van der Waals surface area contributed by atoms with Gasteiger partial charge in [-0.15, -0.1) is 0 Å². The molecule has 2 aliphatic heterocycles. The first-order chi connectivity index (χ1) is 6.66. The van der Waals surface area contributed by atoms with Crippen molar-refractivity contribution in [1.29, 1.82) is 0 Å². The minimum Gasteiger partial charge on any atom is -0.317 e. The molecule has 0 amide bonds. The first kappa shape index (κ1) is 10.1. The molecule has 0 bridgehead atoms. The molecule has 1 unspecified atom stereocenters. The molecule has 1 fully saturated rings. The van der Waals surface area contributed by atoms with Crippen LogP contribution >= 0.6 is 0 Å². The highest BCUT2D eigenvalue weighted by molar-refractivity contribution is 7.94. The summed E-state index contributed by atoms with van der Waals surface area (Å²) in [7, 11) is -2.90. The average Bonchev–Trinajstić information content (AvgIpc) is 2.47. The molecule has 14 heavy (non-hydrogen) atoms. The highest BCUT2D eigenvalue weighted by Gasteiger charge is 2.24. The molecule has 5 heteroatoms.